The van der Waals surface area contributed by atoms with E-state index in [1.807, 2.05) is 13.8 Å². The molecular formula is C26H42N4O4. The highest BCUT2D eigenvalue weighted by Crippen LogP contribution is 2.44. The minimum Gasteiger partial charge on any atom is -0.391 e. The SMILES string of the molecule is C#CC[C@H]([C@@H](O)CNCCC(C)C)C1(C(N)=O)C=C(C(N)=O)C=C(C(=O)N(CCC)CCC)C1. The maximum Gasteiger partial charge on any atom is 0.249 e. The van der Waals surface area contributed by atoms with Crippen molar-refractivity contribution in [3.63, 3.8) is 0 Å². The Morgan fingerprint density at radius 1 is 1.24 bits per heavy atom. The molecule has 1 unspecified atom stereocenters. The number of hydrogen-bond acceptors (Lipinski definition) is 5. The van der Waals surface area contributed by atoms with Crippen LogP contribution in [0.3, 0.4) is 0 Å². The highest BCUT2D eigenvalue weighted by molar-refractivity contribution is 6.03. The number of nitrogens with two attached hydrogens (primary N) is 2. The van der Waals surface area contributed by atoms with Crippen LogP contribution in [0.5, 0.6) is 0 Å². The highest BCUT2D eigenvalue weighted by atomic mass is 16.3. The van der Waals surface area contributed by atoms with Crippen LogP contribution >= 0.6 is 0 Å². The van der Waals surface area contributed by atoms with Crippen LogP contribution in [-0.4, -0.2) is 60.0 Å². The summed E-state index contributed by atoms with van der Waals surface area (Å²) >= 11 is 0. The number of hydrogen-bond donors (Lipinski definition) is 4. The molecule has 3 amide bonds. The molecule has 1 rings (SSSR count). The Labute approximate surface area is 204 Å². The van der Waals surface area contributed by atoms with Gasteiger partial charge in [-0.05, 0) is 44.2 Å². The summed E-state index contributed by atoms with van der Waals surface area (Å²) in [5.41, 5.74) is 10.2. The Kier molecular flexibility index (Phi) is 12.0. The van der Waals surface area contributed by atoms with Gasteiger partial charge in [0, 0.05) is 43.1 Å². The van der Waals surface area contributed by atoms with Crippen LogP contribution < -0.4 is 16.8 Å². The van der Waals surface area contributed by atoms with Gasteiger partial charge in [0.15, 0.2) is 0 Å². The quantitative estimate of drug-likeness (QED) is 0.210. The molecule has 0 radical (unpaired) electrons. The zero-order valence-electron chi connectivity index (χ0n) is 21.1. The molecule has 0 saturated heterocycles. The molecule has 1 aliphatic rings. The summed E-state index contributed by atoms with van der Waals surface area (Å²) in [6.45, 7) is 10.1. The van der Waals surface area contributed by atoms with E-state index in [-0.39, 0.29) is 36.4 Å². The number of carbonyl (C=O) groups excluding carboxylic acids is 3. The van der Waals surface area contributed by atoms with E-state index in [0.29, 0.717) is 25.6 Å². The molecule has 8 heteroatoms. The van der Waals surface area contributed by atoms with Crippen molar-refractivity contribution in [1.29, 1.82) is 0 Å². The Bertz CT molecular complexity index is 821. The molecule has 0 bridgehead atoms. The van der Waals surface area contributed by atoms with Crippen molar-refractivity contribution in [2.45, 2.75) is 65.9 Å². The molecule has 6 N–H and O–H groups in total. The molecule has 0 aromatic rings. The lowest BCUT2D eigenvalue weighted by atomic mass is 9.64. The van der Waals surface area contributed by atoms with Gasteiger partial charge < -0.3 is 26.8 Å². The van der Waals surface area contributed by atoms with Crippen molar-refractivity contribution in [2.75, 3.05) is 26.2 Å². The van der Waals surface area contributed by atoms with Gasteiger partial charge >= 0.3 is 0 Å². The fraction of sp³-hybridized carbons (Fsp3) is 0.654. The second kappa shape index (κ2) is 13.9. The molecule has 0 spiro atoms. The number of primary amides is 2. The summed E-state index contributed by atoms with van der Waals surface area (Å²) in [5.74, 6) is 0.405. The van der Waals surface area contributed by atoms with Gasteiger partial charge in [0.25, 0.3) is 0 Å². The number of aliphatic hydroxyl groups is 1. The first-order valence-corrected chi connectivity index (χ1v) is 12.2. The van der Waals surface area contributed by atoms with Crippen LogP contribution in [0.2, 0.25) is 0 Å². The summed E-state index contributed by atoms with van der Waals surface area (Å²) < 4.78 is 0. The van der Waals surface area contributed by atoms with Crippen molar-refractivity contribution in [3.8, 4) is 12.3 Å². The molecule has 0 fully saturated rings. The number of nitrogens with zero attached hydrogens (tertiary/aromatic N) is 1. The van der Waals surface area contributed by atoms with E-state index < -0.39 is 29.3 Å². The van der Waals surface area contributed by atoms with E-state index >= 15 is 0 Å². The molecule has 3 atom stereocenters. The molecule has 1 aliphatic carbocycles. The van der Waals surface area contributed by atoms with E-state index in [1.165, 1.54) is 12.2 Å². The second-order valence-corrected chi connectivity index (χ2v) is 9.48. The smallest absolute Gasteiger partial charge is 0.249 e. The molecule has 0 saturated carbocycles. The molecule has 0 aromatic carbocycles. The molecular weight excluding hydrogens is 432 g/mol. The third kappa shape index (κ3) is 7.71. The number of aliphatic hydroxyl groups excluding tert-OH is 1. The van der Waals surface area contributed by atoms with Crippen molar-refractivity contribution < 1.29 is 19.5 Å². The van der Waals surface area contributed by atoms with Gasteiger partial charge in [-0.3, -0.25) is 14.4 Å². The van der Waals surface area contributed by atoms with Crippen molar-refractivity contribution in [2.24, 2.45) is 28.7 Å². The Morgan fingerprint density at radius 3 is 2.32 bits per heavy atom. The van der Waals surface area contributed by atoms with Crippen molar-refractivity contribution >= 4 is 17.7 Å². The summed E-state index contributed by atoms with van der Waals surface area (Å²) in [6.07, 6.45) is 9.84. The average molecular weight is 475 g/mol. The second-order valence-electron chi connectivity index (χ2n) is 9.48. The standard InChI is InChI=1S/C26H42N4O4/c1-6-9-21(22(31)17-29-11-10-18(4)5)26(25(28)34)15-19(23(27)32)14-20(16-26)24(33)30(12-7-2)13-8-3/h1,14-15,18,21-22,29,31H,7-13,16-17H2,2-5H3,(H2,27,32)(H2,28,34)/t21-,22+,26?/m1/s1. The van der Waals surface area contributed by atoms with E-state index in [2.05, 4.69) is 25.1 Å². The minimum absolute atomic E-state index is 0.0170. The first kappa shape index (κ1) is 29.4. The maximum absolute atomic E-state index is 13.4. The van der Waals surface area contributed by atoms with Gasteiger partial charge in [-0.15, -0.1) is 12.3 Å². The molecule has 190 valence electrons. The van der Waals surface area contributed by atoms with Crippen LogP contribution in [0.25, 0.3) is 0 Å². The number of rotatable bonds is 15. The third-order valence-electron chi connectivity index (χ3n) is 6.23. The highest BCUT2D eigenvalue weighted by Gasteiger charge is 2.49. The Balaban J connectivity index is 3.42. The predicted molar refractivity (Wildman–Crippen MR) is 134 cm³/mol. The monoisotopic (exact) mass is 474 g/mol. The molecule has 0 aromatic heterocycles. The lowest BCUT2D eigenvalue weighted by Gasteiger charge is -2.41. The maximum atomic E-state index is 13.4. The fourth-order valence-corrected chi connectivity index (χ4v) is 4.41. The van der Waals surface area contributed by atoms with Crippen LogP contribution in [0.15, 0.2) is 23.3 Å². The Hall–Kier alpha value is -2.63. The number of terminal acetylenes is 1. The van der Waals surface area contributed by atoms with Crippen molar-refractivity contribution in [1.82, 2.24) is 10.2 Å². The van der Waals surface area contributed by atoms with E-state index in [4.69, 9.17) is 17.9 Å². The van der Waals surface area contributed by atoms with Gasteiger partial charge in [0.2, 0.25) is 17.7 Å². The number of nitrogens with one attached hydrogen (secondary N) is 1. The average Bonchev–Trinajstić information content (AvgIpc) is 2.78. The molecule has 0 heterocycles. The topological polar surface area (TPSA) is 139 Å². The van der Waals surface area contributed by atoms with E-state index in [1.54, 1.807) is 4.90 Å². The summed E-state index contributed by atoms with van der Waals surface area (Å²) in [5, 5.41) is 14.3. The number of carbonyl (C=O) groups is 3. The van der Waals surface area contributed by atoms with Gasteiger partial charge in [-0.25, -0.2) is 0 Å². The number of amides is 3. The first-order valence-electron chi connectivity index (χ1n) is 12.2. The zero-order valence-corrected chi connectivity index (χ0v) is 21.1. The zero-order chi connectivity index (χ0) is 25.9. The minimum atomic E-state index is -1.53. The lowest BCUT2D eigenvalue weighted by Crippen LogP contribution is -2.51. The van der Waals surface area contributed by atoms with Crippen LogP contribution in [0, 0.1) is 29.6 Å². The largest absolute Gasteiger partial charge is 0.391 e. The molecule has 34 heavy (non-hydrogen) atoms. The summed E-state index contributed by atoms with van der Waals surface area (Å²) in [6, 6.07) is 0. The summed E-state index contributed by atoms with van der Waals surface area (Å²) in [4.78, 5) is 40.2. The molecule has 0 aliphatic heterocycles. The van der Waals surface area contributed by atoms with E-state index in [9.17, 15) is 19.5 Å². The van der Waals surface area contributed by atoms with Gasteiger partial charge in [0.05, 0.1) is 11.5 Å². The van der Waals surface area contributed by atoms with Crippen LogP contribution in [0.4, 0.5) is 0 Å². The normalized spacial score (nSPS) is 19.6. The van der Waals surface area contributed by atoms with Gasteiger partial charge in [-0.1, -0.05) is 33.8 Å². The Morgan fingerprint density at radius 2 is 1.85 bits per heavy atom. The summed E-state index contributed by atoms with van der Waals surface area (Å²) in [7, 11) is 0. The molecule has 8 nitrogen and oxygen atoms in total. The predicted octanol–water partition coefficient (Wildman–Crippen LogP) is 1.48. The van der Waals surface area contributed by atoms with Gasteiger partial charge in [0.1, 0.15) is 0 Å². The van der Waals surface area contributed by atoms with E-state index in [0.717, 1.165) is 19.3 Å². The first-order chi connectivity index (χ1) is 16.0. The van der Waals surface area contributed by atoms with Crippen LogP contribution in [-0.2, 0) is 14.4 Å². The fourth-order valence-electron chi connectivity index (χ4n) is 4.41. The third-order valence-corrected chi connectivity index (χ3v) is 6.23. The van der Waals surface area contributed by atoms with Crippen LogP contribution in [0.1, 0.15) is 59.8 Å². The van der Waals surface area contributed by atoms with Gasteiger partial charge in [-0.2, -0.15) is 0 Å². The lowest BCUT2D eigenvalue weighted by molar-refractivity contribution is -0.132. The van der Waals surface area contributed by atoms with Crippen molar-refractivity contribution in [3.05, 3.63) is 23.3 Å².